The van der Waals surface area contributed by atoms with Gasteiger partial charge < -0.3 is 5.32 Å². The van der Waals surface area contributed by atoms with Gasteiger partial charge in [-0.15, -0.1) is 11.3 Å². The number of halogens is 2. The molecule has 0 amide bonds. The number of thiazole rings is 1. The number of hydrogen-bond donors (Lipinski definition) is 1. The molecule has 0 saturated carbocycles. The Morgan fingerprint density at radius 2 is 2.16 bits per heavy atom. The van der Waals surface area contributed by atoms with Crippen molar-refractivity contribution >= 4 is 34.5 Å². The highest BCUT2D eigenvalue weighted by molar-refractivity contribution is 7.09. The van der Waals surface area contributed by atoms with Gasteiger partial charge in [-0.1, -0.05) is 42.3 Å². The summed E-state index contributed by atoms with van der Waals surface area (Å²) in [5.74, 6) is 0. The normalized spacial score (nSPS) is 12.6. The van der Waals surface area contributed by atoms with Crippen LogP contribution in [0.15, 0.2) is 23.6 Å². The van der Waals surface area contributed by atoms with Gasteiger partial charge in [0.2, 0.25) is 0 Å². The van der Waals surface area contributed by atoms with E-state index in [1.165, 1.54) is 0 Å². The molecule has 2 nitrogen and oxygen atoms in total. The summed E-state index contributed by atoms with van der Waals surface area (Å²) in [4.78, 5) is 4.51. The Morgan fingerprint density at radius 3 is 2.79 bits per heavy atom. The first-order valence-electron chi connectivity index (χ1n) is 6.20. The molecule has 102 valence electrons. The van der Waals surface area contributed by atoms with Crippen molar-refractivity contribution in [1.82, 2.24) is 10.3 Å². The molecule has 0 aliphatic carbocycles. The van der Waals surface area contributed by atoms with Crippen molar-refractivity contribution in [2.45, 2.75) is 26.3 Å². The van der Waals surface area contributed by atoms with Gasteiger partial charge in [0, 0.05) is 23.5 Å². The highest BCUT2D eigenvalue weighted by atomic mass is 35.5. The van der Waals surface area contributed by atoms with Gasteiger partial charge in [-0.25, -0.2) is 4.98 Å². The molecule has 0 radical (unpaired) electrons. The molecule has 1 aromatic carbocycles. The van der Waals surface area contributed by atoms with Crippen LogP contribution >= 0.6 is 34.5 Å². The number of nitrogens with one attached hydrogen (secondary N) is 1. The van der Waals surface area contributed by atoms with E-state index in [1.807, 2.05) is 25.1 Å². The van der Waals surface area contributed by atoms with E-state index in [0.717, 1.165) is 29.2 Å². The van der Waals surface area contributed by atoms with Gasteiger partial charge in [0.25, 0.3) is 0 Å². The Kier molecular flexibility index (Phi) is 5.22. The van der Waals surface area contributed by atoms with Crippen LogP contribution in [0.5, 0.6) is 0 Å². The molecule has 0 saturated heterocycles. The van der Waals surface area contributed by atoms with E-state index in [9.17, 15) is 0 Å². The predicted molar refractivity (Wildman–Crippen MR) is 83.4 cm³/mol. The molecule has 1 heterocycles. The van der Waals surface area contributed by atoms with Gasteiger partial charge in [0.05, 0.1) is 15.1 Å². The SMILES string of the molecule is CCNC(Cc1nc(C)cs1)c1cccc(Cl)c1Cl. The first-order valence-corrected chi connectivity index (χ1v) is 7.83. The Bertz CT molecular complexity index is 554. The number of rotatable bonds is 5. The lowest BCUT2D eigenvalue weighted by Crippen LogP contribution is -2.23. The van der Waals surface area contributed by atoms with Crippen molar-refractivity contribution in [2.24, 2.45) is 0 Å². The maximum Gasteiger partial charge on any atom is 0.0947 e. The number of aryl methyl sites for hydroxylation is 1. The molecule has 5 heteroatoms. The summed E-state index contributed by atoms with van der Waals surface area (Å²) in [6.45, 7) is 4.96. The molecule has 2 rings (SSSR count). The van der Waals surface area contributed by atoms with Crippen LogP contribution in [-0.4, -0.2) is 11.5 Å². The minimum atomic E-state index is 0.141. The van der Waals surface area contributed by atoms with Gasteiger partial charge >= 0.3 is 0 Å². The van der Waals surface area contributed by atoms with Crippen LogP contribution in [0.4, 0.5) is 0 Å². The van der Waals surface area contributed by atoms with E-state index < -0.39 is 0 Å². The summed E-state index contributed by atoms with van der Waals surface area (Å²) in [6.07, 6.45) is 0.826. The molecule has 1 N–H and O–H groups in total. The van der Waals surface area contributed by atoms with Crippen molar-refractivity contribution in [1.29, 1.82) is 0 Å². The van der Waals surface area contributed by atoms with Crippen LogP contribution in [0.2, 0.25) is 10.0 Å². The first kappa shape index (κ1) is 14.8. The Labute approximate surface area is 127 Å². The zero-order valence-corrected chi connectivity index (χ0v) is 13.2. The highest BCUT2D eigenvalue weighted by Gasteiger charge is 2.17. The van der Waals surface area contributed by atoms with Crippen molar-refractivity contribution in [2.75, 3.05) is 6.54 Å². The molecule has 0 aliphatic rings. The Balaban J connectivity index is 2.26. The molecule has 0 fully saturated rings. The summed E-state index contributed by atoms with van der Waals surface area (Å²) in [6, 6.07) is 5.90. The molecule has 1 aromatic heterocycles. The summed E-state index contributed by atoms with van der Waals surface area (Å²) in [5.41, 5.74) is 2.09. The van der Waals surface area contributed by atoms with Crippen LogP contribution < -0.4 is 5.32 Å². The van der Waals surface area contributed by atoms with E-state index in [4.69, 9.17) is 23.2 Å². The zero-order valence-electron chi connectivity index (χ0n) is 10.9. The second-order valence-electron chi connectivity index (χ2n) is 4.34. The number of benzene rings is 1. The third-order valence-electron chi connectivity index (χ3n) is 2.85. The van der Waals surface area contributed by atoms with Crippen molar-refractivity contribution in [3.8, 4) is 0 Å². The molecule has 1 atom stereocenters. The lowest BCUT2D eigenvalue weighted by Gasteiger charge is -2.19. The number of nitrogens with zero attached hydrogens (tertiary/aromatic N) is 1. The lowest BCUT2D eigenvalue weighted by atomic mass is 10.0. The second kappa shape index (κ2) is 6.71. The quantitative estimate of drug-likeness (QED) is 0.868. The first-order chi connectivity index (χ1) is 9.11. The maximum absolute atomic E-state index is 6.31. The Morgan fingerprint density at radius 1 is 1.37 bits per heavy atom. The fourth-order valence-electron chi connectivity index (χ4n) is 2.00. The molecule has 0 spiro atoms. The molecule has 2 aromatic rings. The van der Waals surface area contributed by atoms with E-state index in [0.29, 0.717) is 10.0 Å². The van der Waals surface area contributed by atoms with Gasteiger partial charge in [-0.2, -0.15) is 0 Å². The van der Waals surface area contributed by atoms with Crippen molar-refractivity contribution in [3.05, 3.63) is 49.9 Å². The van der Waals surface area contributed by atoms with Crippen LogP contribution in [-0.2, 0) is 6.42 Å². The minimum Gasteiger partial charge on any atom is -0.310 e. The van der Waals surface area contributed by atoms with Crippen molar-refractivity contribution in [3.63, 3.8) is 0 Å². The fraction of sp³-hybridized carbons (Fsp3) is 0.357. The Hall–Kier alpha value is -0.610. The van der Waals surface area contributed by atoms with Crippen LogP contribution in [0, 0.1) is 6.92 Å². The molecule has 19 heavy (non-hydrogen) atoms. The van der Waals surface area contributed by atoms with Crippen LogP contribution in [0.3, 0.4) is 0 Å². The van der Waals surface area contributed by atoms with E-state index >= 15 is 0 Å². The average Bonchev–Trinajstić information content (AvgIpc) is 2.78. The summed E-state index contributed by atoms with van der Waals surface area (Å²) < 4.78 is 0. The standard InChI is InChI=1S/C14H16Cl2N2S/c1-3-17-12(7-13-18-9(2)8-19-13)10-5-4-6-11(15)14(10)16/h4-6,8,12,17H,3,7H2,1-2H3. The summed E-state index contributed by atoms with van der Waals surface area (Å²) in [7, 11) is 0. The van der Waals surface area contributed by atoms with E-state index in [1.54, 1.807) is 11.3 Å². The maximum atomic E-state index is 6.31. The average molecular weight is 315 g/mol. The summed E-state index contributed by atoms with van der Waals surface area (Å²) in [5, 5.41) is 7.85. The fourth-order valence-corrected chi connectivity index (χ4v) is 3.26. The van der Waals surface area contributed by atoms with Gasteiger partial charge in [0.1, 0.15) is 0 Å². The molecular formula is C14H16Cl2N2S. The molecular weight excluding hydrogens is 299 g/mol. The van der Waals surface area contributed by atoms with E-state index in [-0.39, 0.29) is 6.04 Å². The molecule has 0 aliphatic heterocycles. The third-order valence-corrected chi connectivity index (χ3v) is 4.68. The molecule has 1 unspecified atom stereocenters. The van der Waals surface area contributed by atoms with Crippen molar-refractivity contribution < 1.29 is 0 Å². The number of likely N-dealkylation sites (N-methyl/N-ethyl adjacent to an activating group) is 1. The van der Waals surface area contributed by atoms with Gasteiger partial charge in [0.15, 0.2) is 0 Å². The van der Waals surface area contributed by atoms with Gasteiger partial charge in [-0.3, -0.25) is 0 Å². The number of hydrogen-bond acceptors (Lipinski definition) is 3. The van der Waals surface area contributed by atoms with Crippen LogP contribution in [0.25, 0.3) is 0 Å². The van der Waals surface area contributed by atoms with E-state index in [2.05, 4.69) is 22.6 Å². The third kappa shape index (κ3) is 3.69. The molecule has 0 bridgehead atoms. The largest absolute Gasteiger partial charge is 0.310 e. The summed E-state index contributed by atoms with van der Waals surface area (Å²) >= 11 is 14.1. The highest BCUT2D eigenvalue weighted by Crippen LogP contribution is 2.31. The van der Waals surface area contributed by atoms with Gasteiger partial charge in [-0.05, 0) is 25.1 Å². The lowest BCUT2D eigenvalue weighted by molar-refractivity contribution is 0.548. The predicted octanol–water partition coefficient (Wildman–Crippen LogP) is 4.65. The number of aromatic nitrogens is 1. The van der Waals surface area contributed by atoms with Crippen LogP contribution in [0.1, 0.15) is 29.2 Å². The monoisotopic (exact) mass is 314 g/mol. The second-order valence-corrected chi connectivity index (χ2v) is 6.07. The minimum absolute atomic E-state index is 0.141. The topological polar surface area (TPSA) is 24.9 Å². The smallest absolute Gasteiger partial charge is 0.0947 e. The zero-order chi connectivity index (χ0) is 13.8.